The van der Waals surface area contributed by atoms with Gasteiger partial charge in [0, 0.05) is 0 Å². The molecule has 0 N–H and O–H groups in total. The highest BCUT2D eigenvalue weighted by Crippen LogP contribution is 2.45. The van der Waals surface area contributed by atoms with Gasteiger partial charge in [0.2, 0.25) is 0 Å². The predicted molar refractivity (Wildman–Crippen MR) is 54.1 cm³/mol. The summed E-state index contributed by atoms with van der Waals surface area (Å²) in [6, 6.07) is 0. The number of hydrogen-bond acceptors (Lipinski definition) is 3. The highest BCUT2D eigenvalue weighted by molar-refractivity contribution is 5.79. The summed E-state index contributed by atoms with van der Waals surface area (Å²) in [5.41, 5.74) is -0.185. The molecule has 0 aliphatic carbocycles. The fourth-order valence-electron chi connectivity index (χ4n) is 2.03. The molecule has 1 rings (SSSR count). The average molecular weight is 200 g/mol. The van der Waals surface area contributed by atoms with E-state index in [-0.39, 0.29) is 17.7 Å². The van der Waals surface area contributed by atoms with Gasteiger partial charge in [-0.1, -0.05) is 26.7 Å². The molecule has 0 spiro atoms. The molecule has 0 radical (unpaired) electrons. The summed E-state index contributed by atoms with van der Waals surface area (Å²) >= 11 is 0. The largest absolute Gasteiger partial charge is 0.464 e. The van der Waals surface area contributed by atoms with Gasteiger partial charge in [-0.2, -0.15) is 0 Å². The van der Waals surface area contributed by atoms with Crippen LogP contribution in [-0.2, 0) is 14.3 Å². The van der Waals surface area contributed by atoms with Gasteiger partial charge in [-0.15, -0.1) is 0 Å². The summed E-state index contributed by atoms with van der Waals surface area (Å²) in [6.45, 7) is 6.48. The quantitative estimate of drug-likeness (QED) is 0.487. The van der Waals surface area contributed by atoms with Gasteiger partial charge >= 0.3 is 5.97 Å². The van der Waals surface area contributed by atoms with Crippen molar-refractivity contribution < 1.29 is 14.3 Å². The Morgan fingerprint density at radius 1 is 1.29 bits per heavy atom. The minimum atomic E-state index is -0.289. The monoisotopic (exact) mass is 200 g/mol. The first-order chi connectivity index (χ1) is 6.70. The molecule has 3 nitrogen and oxygen atoms in total. The smallest absolute Gasteiger partial charge is 0.338 e. The fourth-order valence-corrected chi connectivity index (χ4v) is 2.03. The summed E-state index contributed by atoms with van der Waals surface area (Å²) in [7, 11) is 0. The summed E-state index contributed by atoms with van der Waals surface area (Å²) in [6.07, 6.45) is 3.74. The van der Waals surface area contributed by atoms with E-state index in [2.05, 4.69) is 13.8 Å². The van der Waals surface area contributed by atoms with Crippen molar-refractivity contribution in [2.45, 2.75) is 58.2 Å². The first kappa shape index (κ1) is 11.5. The van der Waals surface area contributed by atoms with E-state index in [0.29, 0.717) is 6.61 Å². The molecule has 82 valence electrons. The molecule has 0 aromatic rings. The second kappa shape index (κ2) is 4.78. The third kappa shape index (κ3) is 2.27. The topological polar surface area (TPSA) is 38.8 Å². The lowest BCUT2D eigenvalue weighted by atomic mass is 9.94. The molecular formula is C11H20O3. The molecule has 0 aromatic carbocycles. The first-order valence-electron chi connectivity index (χ1n) is 5.54. The second-order valence-corrected chi connectivity index (χ2v) is 3.81. The maximum Gasteiger partial charge on any atom is 0.338 e. The van der Waals surface area contributed by atoms with E-state index in [1.54, 1.807) is 0 Å². The summed E-state index contributed by atoms with van der Waals surface area (Å²) < 4.78 is 10.5. The Morgan fingerprint density at radius 2 is 1.86 bits per heavy atom. The first-order valence-corrected chi connectivity index (χ1v) is 5.54. The molecule has 1 saturated heterocycles. The van der Waals surface area contributed by atoms with Crippen LogP contribution in [0.25, 0.3) is 0 Å². The van der Waals surface area contributed by atoms with Crippen molar-refractivity contribution in [3.8, 4) is 0 Å². The molecule has 3 heteroatoms. The van der Waals surface area contributed by atoms with E-state index < -0.39 is 0 Å². The maximum absolute atomic E-state index is 11.4. The number of ether oxygens (including phenoxy) is 2. The zero-order valence-corrected chi connectivity index (χ0v) is 9.34. The van der Waals surface area contributed by atoms with Crippen LogP contribution in [0.5, 0.6) is 0 Å². The normalized spacial score (nSPS) is 23.2. The van der Waals surface area contributed by atoms with Gasteiger partial charge in [-0.3, -0.25) is 0 Å². The average Bonchev–Trinajstić information content (AvgIpc) is 2.81. The molecule has 1 atom stereocenters. The Hall–Kier alpha value is -0.570. The van der Waals surface area contributed by atoms with E-state index in [0.717, 1.165) is 25.7 Å². The van der Waals surface area contributed by atoms with Crippen molar-refractivity contribution in [2.24, 2.45) is 0 Å². The molecule has 0 bridgehead atoms. The second-order valence-electron chi connectivity index (χ2n) is 3.81. The Bertz CT molecular complexity index is 195. The molecule has 0 aromatic heterocycles. The minimum absolute atomic E-state index is 0.185. The molecular weight excluding hydrogens is 180 g/mol. The molecule has 1 fully saturated rings. The zero-order valence-electron chi connectivity index (χ0n) is 9.34. The predicted octanol–water partition coefficient (Wildman–Crippen LogP) is 2.29. The Kier molecular flexibility index (Phi) is 3.93. The van der Waals surface area contributed by atoms with Crippen LogP contribution in [0.3, 0.4) is 0 Å². The van der Waals surface area contributed by atoms with E-state index >= 15 is 0 Å². The van der Waals surface area contributed by atoms with E-state index in [1.807, 2.05) is 6.92 Å². The number of esters is 1. The number of carbonyl (C=O) groups is 1. The molecule has 14 heavy (non-hydrogen) atoms. The van der Waals surface area contributed by atoms with Gasteiger partial charge in [0.1, 0.15) is 5.60 Å². The number of epoxide rings is 1. The van der Waals surface area contributed by atoms with Crippen molar-refractivity contribution in [2.75, 3.05) is 6.61 Å². The van der Waals surface area contributed by atoms with Crippen LogP contribution >= 0.6 is 0 Å². The van der Waals surface area contributed by atoms with Crippen molar-refractivity contribution in [3.63, 3.8) is 0 Å². The van der Waals surface area contributed by atoms with Crippen LogP contribution in [0.15, 0.2) is 0 Å². The Labute approximate surface area is 85.8 Å². The van der Waals surface area contributed by atoms with E-state index in [1.165, 1.54) is 0 Å². The zero-order chi connectivity index (χ0) is 10.6. The van der Waals surface area contributed by atoms with Crippen LogP contribution in [0.1, 0.15) is 46.5 Å². The molecule has 0 amide bonds. The van der Waals surface area contributed by atoms with Gasteiger partial charge in [0.25, 0.3) is 0 Å². The van der Waals surface area contributed by atoms with Gasteiger partial charge in [-0.05, 0) is 19.8 Å². The molecule has 1 aliphatic heterocycles. The highest BCUT2D eigenvalue weighted by atomic mass is 16.7. The van der Waals surface area contributed by atoms with Crippen molar-refractivity contribution in [1.29, 1.82) is 0 Å². The van der Waals surface area contributed by atoms with Crippen molar-refractivity contribution in [3.05, 3.63) is 0 Å². The third-order valence-corrected chi connectivity index (χ3v) is 2.62. The lowest BCUT2D eigenvalue weighted by Gasteiger charge is -2.09. The van der Waals surface area contributed by atoms with Crippen LogP contribution in [0.2, 0.25) is 0 Å². The molecule has 1 heterocycles. The molecule has 1 unspecified atom stereocenters. The van der Waals surface area contributed by atoms with Crippen LogP contribution in [0.4, 0.5) is 0 Å². The van der Waals surface area contributed by atoms with Gasteiger partial charge in [-0.25, -0.2) is 4.79 Å². The highest BCUT2D eigenvalue weighted by Gasteiger charge is 2.59. The van der Waals surface area contributed by atoms with Crippen LogP contribution in [-0.4, -0.2) is 24.3 Å². The SMILES string of the molecule is CCCC1(CCC)OC1C(=O)OCC. The summed E-state index contributed by atoms with van der Waals surface area (Å²) in [4.78, 5) is 11.4. The number of carbonyl (C=O) groups excluding carboxylic acids is 1. The molecule has 1 aliphatic rings. The van der Waals surface area contributed by atoms with Crippen molar-refractivity contribution >= 4 is 5.97 Å². The summed E-state index contributed by atoms with van der Waals surface area (Å²) in [5, 5.41) is 0. The Balaban J connectivity index is 2.47. The fraction of sp³-hybridized carbons (Fsp3) is 0.909. The van der Waals surface area contributed by atoms with Gasteiger partial charge < -0.3 is 9.47 Å². The molecule has 0 saturated carbocycles. The van der Waals surface area contributed by atoms with Crippen LogP contribution in [0, 0.1) is 0 Å². The lowest BCUT2D eigenvalue weighted by molar-refractivity contribution is -0.144. The van der Waals surface area contributed by atoms with Crippen LogP contribution < -0.4 is 0 Å². The number of rotatable bonds is 6. The Morgan fingerprint density at radius 3 is 2.29 bits per heavy atom. The third-order valence-electron chi connectivity index (χ3n) is 2.62. The van der Waals surface area contributed by atoms with Crippen molar-refractivity contribution in [1.82, 2.24) is 0 Å². The lowest BCUT2D eigenvalue weighted by Crippen LogP contribution is -2.22. The van der Waals surface area contributed by atoms with Gasteiger partial charge in [0.05, 0.1) is 6.61 Å². The number of hydrogen-bond donors (Lipinski definition) is 0. The standard InChI is InChI=1S/C11H20O3/c1-4-7-11(8-5-2)9(14-11)10(12)13-6-3/h9H,4-8H2,1-3H3. The maximum atomic E-state index is 11.4. The van der Waals surface area contributed by atoms with E-state index in [9.17, 15) is 4.79 Å². The van der Waals surface area contributed by atoms with E-state index in [4.69, 9.17) is 9.47 Å². The summed E-state index contributed by atoms with van der Waals surface area (Å²) in [5.74, 6) is -0.186. The van der Waals surface area contributed by atoms with Gasteiger partial charge in [0.15, 0.2) is 6.10 Å². The minimum Gasteiger partial charge on any atom is -0.464 e.